The molecule has 1 aromatic carbocycles. The van der Waals surface area contributed by atoms with E-state index in [1.807, 2.05) is 5.48 Å². The van der Waals surface area contributed by atoms with Crippen molar-refractivity contribution in [2.45, 2.75) is 0 Å². The number of para-hydroxylation sites is 2. The van der Waals surface area contributed by atoms with E-state index in [9.17, 15) is 14.7 Å². The van der Waals surface area contributed by atoms with Crippen molar-refractivity contribution in [3.05, 3.63) is 24.3 Å². The fourth-order valence-corrected chi connectivity index (χ4v) is 0.940. The van der Waals surface area contributed by atoms with Gasteiger partial charge in [0.05, 0.1) is 0 Å². The number of amides is 2. The second kappa shape index (κ2) is 6.33. The van der Waals surface area contributed by atoms with Gasteiger partial charge in [-0.2, -0.15) is 0 Å². The molecule has 0 atom stereocenters. The Morgan fingerprint density at radius 1 is 1.29 bits per heavy atom. The Bertz CT molecular complexity index is 407. The summed E-state index contributed by atoms with van der Waals surface area (Å²) in [5.41, 5.74) is 6.74. The van der Waals surface area contributed by atoms with Gasteiger partial charge in [0.1, 0.15) is 0 Å². The van der Waals surface area contributed by atoms with Gasteiger partial charge in [0.2, 0.25) is 5.91 Å². The third-order valence-corrected chi connectivity index (χ3v) is 1.62. The van der Waals surface area contributed by atoms with Gasteiger partial charge in [0, 0.05) is 0 Å². The molecule has 7 nitrogen and oxygen atoms in total. The summed E-state index contributed by atoms with van der Waals surface area (Å²) in [5.74, 6) is -1.20. The Labute approximate surface area is 97.1 Å². The van der Waals surface area contributed by atoms with Crippen LogP contribution in [-0.4, -0.2) is 30.1 Å². The van der Waals surface area contributed by atoms with E-state index in [0.717, 1.165) is 0 Å². The molecule has 0 radical (unpaired) electrons. The molecule has 7 heteroatoms. The Morgan fingerprint density at radius 3 is 2.65 bits per heavy atom. The number of phenolic OH excluding ortho intramolecular Hbond substituents is 1. The first-order chi connectivity index (χ1) is 8.09. The molecule has 0 saturated carbocycles. The maximum Gasteiger partial charge on any atom is 0.281 e. The lowest BCUT2D eigenvalue weighted by molar-refractivity contribution is -0.139. The van der Waals surface area contributed by atoms with Gasteiger partial charge in [-0.25, -0.2) is 5.48 Å². The fraction of sp³-hybridized carbons (Fsp3) is 0.200. The van der Waals surface area contributed by atoms with Gasteiger partial charge >= 0.3 is 0 Å². The van der Waals surface area contributed by atoms with Crippen LogP contribution in [0.2, 0.25) is 0 Å². The van der Waals surface area contributed by atoms with Gasteiger partial charge in [0.25, 0.3) is 5.91 Å². The number of hydrogen-bond acceptors (Lipinski definition) is 5. The van der Waals surface area contributed by atoms with Gasteiger partial charge in [0.15, 0.2) is 24.7 Å². The lowest BCUT2D eigenvalue weighted by Crippen LogP contribution is -2.32. The summed E-state index contributed by atoms with van der Waals surface area (Å²) < 4.78 is 5.00. The lowest BCUT2D eigenvalue weighted by atomic mass is 10.3. The van der Waals surface area contributed by atoms with Crippen LogP contribution in [0.4, 0.5) is 0 Å². The zero-order chi connectivity index (χ0) is 12.7. The molecule has 2 amide bonds. The first kappa shape index (κ1) is 12.8. The van der Waals surface area contributed by atoms with Crippen LogP contribution in [0, 0.1) is 0 Å². The number of hydroxylamine groups is 1. The molecule has 0 aliphatic rings. The predicted octanol–water partition coefficient (Wildman–Crippen LogP) is -0.696. The molecule has 0 bridgehead atoms. The largest absolute Gasteiger partial charge is 0.504 e. The monoisotopic (exact) mass is 240 g/mol. The van der Waals surface area contributed by atoms with E-state index in [4.69, 9.17) is 10.5 Å². The predicted molar refractivity (Wildman–Crippen MR) is 56.9 cm³/mol. The lowest BCUT2D eigenvalue weighted by Gasteiger charge is -2.07. The molecule has 0 saturated heterocycles. The van der Waals surface area contributed by atoms with Crippen LogP contribution < -0.4 is 16.0 Å². The second-order valence-corrected chi connectivity index (χ2v) is 3.04. The first-order valence-corrected chi connectivity index (χ1v) is 4.69. The number of ether oxygens (including phenoxy) is 1. The van der Waals surface area contributed by atoms with E-state index in [0.29, 0.717) is 0 Å². The van der Waals surface area contributed by atoms with Crippen LogP contribution in [0.1, 0.15) is 0 Å². The number of nitrogens with two attached hydrogens (primary N) is 1. The minimum Gasteiger partial charge on any atom is -0.504 e. The molecule has 0 aliphatic carbocycles. The van der Waals surface area contributed by atoms with Crippen molar-refractivity contribution in [2.24, 2.45) is 5.73 Å². The minimum absolute atomic E-state index is 0.0710. The zero-order valence-electron chi connectivity index (χ0n) is 8.88. The number of primary amides is 1. The molecule has 4 N–H and O–H groups in total. The molecule has 92 valence electrons. The Hall–Kier alpha value is -2.28. The normalized spacial score (nSPS) is 9.65. The van der Waals surface area contributed by atoms with E-state index in [-0.39, 0.29) is 18.1 Å². The topological polar surface area (TPSA) is 111 Å². The average molecular weight is 240 g/mol. The molecular weight excluding hydrogens is 228 g/mol. The summed E-state index contributed by atoms with van der Waals surface area (Å²) in [4.78, 5) is 25.9. The molecule has 1 rings (SSSR count). The summed E-state index contributed by atoms with van der Waals surface area (Å²) in [6, 6.07) is 6.21. The number of hydrogen-bond donors (Lipinski definition) is 3. The van der Waals surface area contributed by atoms with Gasteiger partial charge in [-0.15, -0.1) is 0 Å². The third-order valence-electron chi connectivity index (χ3n) is 1.62. The summed E-state index contributed by atoms with van der Waals surface area (Å²) in [7, 11) is 0. The van der Waals surface area contributed by atoms with Crippen molar-refractivity contribution in [1.29, 1.82) is 0 Å². The molecule has 0 fully saturated rings. The average Bonchev–Trinajstić information content (AvgIpc) is 2.27. The fourth-order valence-electron chi connectivity index (χ4n) is 0.940. The zero-order valence-corrected chi connectivity index (χ0v) is 8.88. The third kappa shape index (κ3) is 4.85. The Kier molecular flexibility index (Phi) is 4.77. The van der Waals surface area contributed by atoms with Crippen molar-refractivity contribution in [3.63, 3.8) is 0 Å². The van der Waals surface area contributed by atoms with Gasteiger partial charge < -0.3 is 15.6 Å². The van der Waals surface area contributed by atoms with Crippen molar-refractivity contribution in [1.82, 2.24) is 5.48 Å². The Balaban J connectivity index is 2.29. The van der Waals surface area contributed by atoms with Gasteiger partial charge in [-0.3, -0.25) is 14.4 Å². The highest BCUT2D eigenvalue weighted by molar-refractivity contribution is 5.77. The first-order valence-electron chi connectivity index (χ1n) is 4.69. The van der Waals surface area contributed by atoms with Crippen molar-refractivity contribution in [3.8, 4) is 11.5 Å². The standard InChI is InChI=1S/C10H12N2O5/c11-9(14)5-17-12-10(15)6-16-8-4-2-1-3-7(8)13/h1-4,13H,5-6H2,(H2,11,14)(H,12,15). The number of carbonyl (C=O) groups is 2. The SMILES string of the molecule is NC(=O)CONC(=O)COc1ccccc1O. The van der Waals surface area contributed by atoms with Gasteiger partial charge in [-0.05, 0) is 12.1 Å². The highest BCUT2D eigenvalue weighted by atomic mass is 16.7. The highest BCUT2D eigenvalue weighted by Gasteiger charge is 2.06. The van der Waals surface area contributed by atoms with Crippen LogP contribution in [0.5, 0.6) is 11.5 Å². The number of carbonyl (C=O) groups excluding carboxylic acids is 2. The van der Waals surface area contributed by atoms with Gasteiger partial charge in [-0.1, -0.05) is 12.1 Å². The molecule has 1 aromatic rings. The minimum atomic E-state index is -0.702. The summed E-state index contributed by atoms with van der Waals surface area (Å²) >= 11 is 0. The molecule has 0 aliphatic heterocycles. The number of aromatic hydroxyl groups is 1. The molecule has 0 heterocycles. The molecule has 0 aromatic heterocycles. The van der Waals surface area contributed by atoms with Crippen molar-refractivity contribution < 1.29 is 24.3 Å². The molecule has 17 heavy (non-hydrogen) atoms. The van der Waals surface area contributed by atoms with Crippen LogP contribution in [-0.2, 0) is 14.4 Å². The molecule has 0 spiro atoms. The van der Waals surface area contributed by atoms with Crippen molar-refractivity contribution >= 4 is 11.8 Å². The van der Waals surface area contributed by atoms with Crippen LogP contribution in [0.3, 0.4) is 0 Å². The maximum absolute atomic E-state index is 11.1. The quantitative estimate of drug-likeness (QED) is 0.569. The van der Waals surface area contributed by atoms with Crippen LogP contribution in [0.15, 0.2) is 24.3 Å². The highest BCUT2D eigenvalue weighted by Crippen LogP contribution is 2.23. The summed E-state index contributed by atoms with van der Waals surface area (Å²) in [5, 5.41) is 9.32. The van der Waals surface area contributed by atoms with E-state index in [1.54, 1.807) is 12.1 Å². The molecular formula is C10H12N2O5. The number of benzene rings is 1. The van der Waals surface area contributed by atoms with Crippen LogP contribution in [0.25, 0.3) is 0 Å². The number of rotatable bonds is 6. The summed E-state index contributed by atoms with van der Waals surface area (Å²) in [6.45, 7) is -0.765. The number of nitrogens with one attached hydrogen (secondary N) is 1. The Morgan fingerprint density at radius 2 is 2.00 bits per heavy atom. The van der Waals surface area contributed by atoms with E-state index < -0.39 is 18.4 Å². The van der Waals surface area contributed by atoms with E-state index in [2.05, 4.69) is 4.84 Å². The second-order valence-electron chi connectivity index (χ2n) is 3.04. The van der Waals surface area contributed by atoms with Crippen LogP contribution >= 0.6 is 0 Å². The molecule has 0 unspecified atom stereocenters. The van der Waals surface area contributed by atoms with Crippen molar-refractivity contribution in [2.75, 3.05) is 13.2 Å². The van der Waals surface area contributed by atoms with E-state index >= 15 is 0 Å². The maximum atomic E-state index is 11.1. The summed E-state index contributed by atoms with van der Waals surface area (Å²) in [6.07, 6.45) is 0. The van der Waals surface area contributed by atoms with E-state index in [1.165, 1.54) is 12.1 Å². The smallest absolute Gasteiger partial charge is 0.281 e. The number of phenols is 1.